The van der Waals surface area contributed by atoms with Gasteiger partial charge in [-0.3, -0.25) is 5.32 Å². The van der Waals surface area contributed by atoms with Crippen molar-refractivity contribution in [1.82, 2.24) is 5.32 Å². The Morgan fingerprint density at radius 3 is 2.44 bits per heavy atom. The fourth-order valence-corrected chi connectivity index (χ4v) is 2.84. The smallest absolute Gasteiger partial charge is 0.147 e. The lowest BCUT2D eigenvalue weighted by molar-refractivity contribution is 0.409. The average molecular weight is 347 g/mol. The molecule has 1 aromatic rings. The van der Waals surface area contributed by atoms with Gasteiger partial charge >= 0.3 is 0 Å². The van der Waals surface area contributed by atoms with Crippen molar-refractivity contribution < 1.29 is 4.74 Å². The van der Waals surface area contributed by atoms with Crippen LogP contribution >= 0.6 is 31.9 Å². The zero-order chi connectivity index (χ0) is 12.1. The first-order chi connectivity index (χ1) is 7.58. The molecule has 0 saturated heterocycles. The fourth-order valence-electron chi connectivity index (χ4n) is 1.24. The van der Waals surface area contributed by atoms with E-state index in [-0.39, 0.29) is 6.04 Å². The Morgan fingerprint density at radius 2 is 2.00 bits per heavy atom. The second-order valence-corrected chi connectivity index (χ2v) is 5.07. The van der Waals surface area contributed by atoms with E-state index in [0.717, 1.165) is 26.8 Å². The molecule has 0 saturated carbocycles. The number of terminal acetylenes is 1. The van der Waals surface area contributed by atoms with Gasteiger partial charge in [0.15, 0.2) is 0 Å². The van der Waals surface area contributed by atoms with E-state index in [0.29, 0.717) is 0 Å². The monoisotopic (exact) mass is 345 g/mol. The van der Waals surface area contributed by atoms with Gasteiger partial charge in [0.25, 0.3) is 0 Å². The number of ether oxygens (including phenoxy) is 1. The van der Waals surface area contributed by atoms with Crippen molar-refractivity contribution in [2.24, 2.45) is 0 Å². The Labute approximate surface area is 113 Å². The predicted octanol–water partition coefficient (Wildman–Crippen LogP) is 3.33. The maximum Gasteiger partial charge on any atom is 0.147 e. The van der Waals surface area contributed by atoms with E-state index in [4.69, 9.17) is 11.2 Å². The summed E-state index contributed by atoms with van der Waals surface area (Å²) in [7, 11) is 1.64. The lowest BCUT2D eigenvalue weighted by Crippen LogP contribution is -2.23. The SMILES string of the molecule is C#CC(C)NCc1cc(Br)c(OC)c(Br)c1. The highest BCUT2D eigenvalue weighted by molar-refractivity contribution is 9.11. The first-order valence-corrected chi connectivity index (χ1v) is 6.38. The van der Waals surface area contributed by atoms with Gasteiger partial charge in [0.2, 0.25) is 0 Å². The van der Waals surface area contributed by atoms with E-state index in [2.05, 4.69) is 43.1 Å². The van der Waals surface area contributed by atoms with Crippen molar-refractivity contribution in [3.63, 3.8) is 0 Å². The highest BCUT2D eigenvalue weighted by Gasteiger charge is 2.07. The molecule has 0 spiro atoms. The van der Waals surface area contributed by atoms with Crippen LogP contribution < -0.4 is 10.1 Å². The summed E-state index contributed by atoms with van der Waals surface area (Å²) in [6.07, 6.45) is 5.29. The van der Waals surface area contributed by atoms with Crippen LogP contribution in [0.2, 0.25) is 0 Å². The normalized spacial score (nSPS) is 11.9. The van der Waals surface area contributed by atoms with Gasteiger partial charge in [-0.2, -0.15) is 0 Å². The number of hydrogen-bond donors (Lipinski definition) is 1. The van der Waals surface area contributed by atoms with Gasteiger partial charge in [-0.15, -0.1) is 6.42 Å². The molecule has 0 aliphatic carbocycles. The maximum atomic E-state index is 5.29. The van der Waals surface area contributed by atoms with Crippen LogP contribution in [0.1, 0.15) is 12.5 Å². The van der Waals surface area contributed by atoms with Crippen LogP contribution in [0.3, 0.4) is 0 Å². The Kier molecular flexibility index (Phi) is 5.33. The van der Waals surface area contributed by atoms with Crippen molar-refractivity contribution in [2.75, 3.05) is 7.11 Å². The molecule has 0 radical (unpaired) electrons. The summed E-state index contributed by atoms with van der Waals surface area (Å²) < 4.78 is 7.08. The number of methoxy groups -OCH3 is 1. The van der Waals surface area contributed by atoms with Gasteiger partial charge in [-0.1, -0.05) is 5.92 Å². The van der Waals surface area contributed by atoms with Gasteiger partial charge in [-0.25, -0.2) is 0 Å². The van der Waals surface area contributed by atoms with Crippen molar-refractivity contribution in [1.29, 1.82) is 0 Å². The van der Waals surface area contributed by atoms with Crippen molar-refractivity contribution >= 4 is 31.9 Å². The number of benzene rings is 1. The summed E-state index contributed by atoms with van der Waals surface area (Å²) in [6.45, 7) is 2.68. The van der Waals surface area contributed by atoms with Gasteiger partial charge in [0.1, 0.15) is 5.75 Å². The molecule has 4 heteroatoms. The van der Waals surface area contributed by atoms with Crippen LogP contribution in [0, 0.1) is 12.3 Å². The van der Waals surface area contributed by atoms with E-state index in [1.807, 2.05) is 19.1 Å². The largest absolute Gasteiger partial charge is 0.494 e. The average Bonchev–Trinajstić information content (AvgIpc) is 2.25. The molecule has 1 rings (SSSR count). The summed E-state index contributed by atoms with van der Waals surface area (Å²) in [5.74, 6) is 3.43. The number of rotatable bonds is 4. The molecule has 0 bridgehead atoms. The lowest BCUT2D eigenvalue weighted by Gasteiger charge is -2.11. The second kappa shape index (κ2) is 6.29. The predicted molar refractivity (Wildman–Crippen MR) is 73.5 cm³/mol. The van der Waals surface area contributed by atoms with E-state index < -0.39 is 0 Å². The molecule has 1 atom stereocenters. The minimum absolute atomic E-state index is 0.0691. The van der Waals surface area contributed by atoms with Crippen LogP contribution in [-0.2, 0) is 6.54 Å². The first-order valence-electron chi connectivity index (χ1n) is 4.80. The quantitative estimate of drug-likeness (QED) is 0.844. The minimum Gasteiger partial charge on any atom is -0.494 e. The van der Waals surface area contributed by atoms with E-state index in [1.54, 1.807) is 7.11 Å². The first kappa shape index (κ1) is 13.6. The van der Waals surface area contributed by atoms with Gasteiger partial charge in [0, 0.05) is 6.54 Å². The molecule has 1 unspecified atom stereocenters. The van der Waals surface area contributed by atoms with Crippen molar-refractivity contribution in [3.05, 3.63) is 26.6 Å². The summed E-state index contributed by atoms with van der Waals surface area (Å²) in [6, 6.07) is 4.10. The molecule has 1 aromatic carbocycles. The highest BCUT2D eigenvalue weighted by Crippen LogP contribution is 2.34. The molecule has 16 heavy (non-hydrogen) atoms. The summed E-state index contributed by atoms with van der Waals surface area (Å²) >= 11 is 6.92. The summed E-state index contributed by atoms with van der Waals surface area (Å²) in [5, 5.41) is 3.22. The van der Waals surface area contributed by atoms with Gasteiger partial charge < -0.3 is 4.74 Å². The highest BCUT2D eigenvalue weighted by atomic mass is 79.9. The third-order valence-corrected chi connectivity index (χ3v) is 3.30. The Bertz CT molecular complexity index is 389. The minimum atomic E-state index is 0.0691. The number of nitrogens with one attached hydrogen (secondary N) is 1. The third kappa shape index (κ3) is 3.51. The molecule has 1 N–H and O–H groups in total. The molecule has 0 aliphatic rings. The Balaban J connectivity index is 2.80. The Hall–Kier alpha value is -0.500. The molecule has 0 aromatic heterocycles. The van der Waals surface area contributed by atoms with E-state index >= 15 is 0 Å². The van der Waals surface area contributed by atoms with Crippen LogP contribution in [0.25, 0.3) is 0 Å². The summed E-state index contributed by atoms with van der Waals surface area (Å²) in [5.41, 5.74) is 1.14. The standard InChI is InChI=1S/C12H13Br2NO/c1-4-8(2)15-7-9-5-10(13)12(16-3)11(14)6-9/h1,5-6,8,15H,7H2,2-3H3. The third-order valence-electron chi connectivity index (χ3n) is 2.12. The fraction of sp³-hybridized carbons (Fsp3) is 0.333. The topological polar surface area (TPSA) is 21.3 Å². The molecule has 0 aliphatic heterocycles. The zero-order valence-electron chi connectivity index (χ0n) is 9.18. The van der Waals surface area contributed by atoms with Crippen LogP contribution in [0.15, 0.2) is 21.1 Å². The van der Waals surface area contributed by atoms with Crippen LogP contribution in [0.5, 0.6) is 5.75 Å². The molecular formula is C12H13Br2NO. The molecule has 0 fully saturated rings. The molecule has 86 valence electrons. The van der Waals surface area contributed by atoms with Crippen molar-refractivity contribution in [3.8, 4) is 18.1 Å². The van der Waals surface area contributed by atoms with Gasteiger partial charge in [-0.05, 0) is 56.5 Å². The molecule has 2 nitrogen and oxygen atoms in total. The van der Waals surface area contributed by atoms with Crippen LogP contribution in [0.4, 0.5) is 0 Å². The van der Waals surface area contributed by atoms with Crippen LogP contribution in [-0.4, -0.2) is 13.2 Å². The Morgan fingerprint density at radius 1 is 1.44 bits per heavy atom. The molecule has 0 amide bonds. The number of halogens is 2. The van der Waals surface area contributed by atoms with E-state index in [1.165, 1.54) is 0 Å². The van der Waals surface area contributed by atoms with E-state index in [9.17, 15) is 0 Å². The van der Waals surface area contributed by atoms with Crippen molar-refractivity contribution in [2.45, 2.75) is 19.5 Å². The molecular weight excluding hydrogens is 334 g/mol. The second-order valence-electron chi connectivity index (χ2n) is 3.36. The summed E-state index contributed by atoms with van der Waals surface area (Å²) in [4.78, 5) is 0. The lowest BCUT2D eigenvalue weighted by atomic mass is 10.2. The molecule has 0 heterocycles. The zero-order valence-corrected chi connectivity index (χ0v) is 12.4. The number of hydrogen-bond acceptors (Lipinski definition) is 2. The van der Waals surface area contributed by atoms with Gasteiger partial charge in [0.05, 0.1) is 22.1 Å². The maximum absolute atomic E-state index is 5.29.